The second kappa shape index (κ2) is 4.44. The minimum atomic E-state index is 0.205. The number of rotatable bonds is 2. The topological polar surface area (TPSA) is 36.4 Å². The molecule has 1 aliphatic rings. The van der Waals surface area contributed by atoms with Gasteiger partial charge in [0.15, 0.2) is 5.13 Å². The van der Waals surface area contributed by atoms with E-state index in [0.29, 0.717) is 0 Å². The van der Waals surface area contributed by atoms with Gasteiger partial charge in [-0.1, -0.05) is 22.9 Å². The number of hydrogen-bond donors (Lipinski definition) is 1. The minimum Gasteiger partial charge on any atom is -0.394 e. The monoisotopic (exact) mass is 268 g/mol. The van der Waals surface area contributed by atoms with Crippen LogP contribution < -0.4 is 4.90 Å². The Morgan fingerprint density at radius 1 is 1.53 bits per heavy atom. The average molecular weight is 269 g/mol. The van der Waals surface area contributed by atoms with Crippen molar-refractivity contribution in [2.45, 2.75) is 18.9 Å². The van der Waals surface area contributed by atoms with Gasteiger partial charge < -0.3 is 10.0 Å². The van der Waals surface area contributed by atoms with E-state index < -0.39 is 0 Å². The molecule has 0 radical (unpaired) electrons. The third-order valence-corrected chi connectivity index (χ3v) is 4.46. The summed E-state index contributed by atoms with van der Waals surface area (Å²) in [6, 6.07) is 5.98. The molecule has 3 rings (SSSR count). The Morgan fingerprint density at radius 2 is 2.41 bits per heavy atom. The van der Waals surface area contributed by atoms with E-state index >= 15 is 0 Å². The van der Waals surface area contributed by atoms with Crippen molar-refractivity contribution in [2.75, 3.05) is 18.1 Å². The van der Waals surface area contributed by atoms with E-state index in [4.69, 9.17) is 11.6 Å². The van der Waals surface area contributed by atoms with Gasteiger partial charge in [-0.25, -0.2) is 4.98 Å². The standard InChI is InChI=1S/C12H13ClN2OS/c13-8-3-4-10-11(6-8)17-12(14-10)15-5-1-2-9(15)7-16/h3-4,6,9,16H,1-2,5,7H2. The third-order valence-electron chi connectivity index (χ3n) is 3.17. The quantitative estimate of drug-likeness (QED) is 0.910. The zero-order valence-corrected chi connectivity index (χ0v) is 10.8. The zero-order chi connectivity index (χ0) is 11.8. The SMILES string of the molecule is OCC1CCCN1c1nc2ccc(Cl)cc2s1. The molecule has 0 aliphatic carbocycles. The Balaban J connectivity index is 2.00. The summed E-state index contributed by atoms with van der Waals surface area (Å²) in [5.41, 5.74) is 0.984. The zero-order valence-electron chi connectivity index (χ0n) is 9.27. The second-order valence-electron chi connectivity index (χ2n) is 4.28. The number of hydrogen-bond acceptors (Lipinski definition) is 4. The van der Waals surface area contributed by atoms with Crippen LogP contribution in [0.15, 0.2) is 18.2 Å². The Labute approximate surface area is 109 Å². The molecule has 5 heteroatoms. The minimum absolute atomic E-state index is 0.205. The van der Waals surface area contributed by atoms with Crippen LogP contribution >= 0.6 is 22.9 Å². The highest BCUT2D eigenvalue weighted by molar-refractivity contribution is 7.22. The van der Waals surface area contributed by atoms with E-state index in [1.807, 2.05) is 18.2 Å². The van der Waals surface area contributed by atoms with Gasteiger partial charge in [0.05, 0.1) is 22.9 Å². The number of aliphatic hydroxyl groups is 1. The molecule has 1 aliphatic heterocycles. The Bertz CT molecular complexity index is 542. The molecular weight excluding hydrogens is 256 g/mol. The molecule has 0 spiro atoms. The number of fused-ring (bicyclic) bond motifs is 1. The predicted octanol–water partition coefficient (Wildman–Crippen LogP) is 2.91. The summed E-state index contributed by atoms with van der Waals surface area (Å²) in [5, 5.41) is 11.1. The van der Waals surface area contributed by atoms with E-state index in [-0.39, 0.29) is 12.6 Å². The molecule has 1 aromatic heterocycles. The maximum atomic E-state index is 9.33. The van der Waals surface area contributed by atoms with Crippen LogP contribution in [0, 0.1) is 0 Å². The molecule has 1 fully saturated rings. The van der Waals surface area contributed by atoms with Crippen molar-refractivity contribution in [3.8, 4) is 0 Å². The lowest BCUT2D eigenvalue weighted by atomic mass is 10.2. The van der Waals surface area contributed by atoms with Crippen LogP contribution in [0.25, 0.3) is 10.2 Å². The average Bonchev–Trinajstić information content (AvgIpc) is 2.93. The summed E-state index contributed by atoms with van der Waals surface area (Å²) in [6.07, 6.45) is 2.18. The fraction of sp³-hybridized carbons (Fsp3) is 0.417. The Morgan fingerprint density at radius 3 is 3.24 bits per heavy atom. The molecule has 1 unspecified atom stereocenters. The molecular formula is C12H13ClN2OS. The molecule has 3 nitrogen and oxygen atoms in total. The smallest absolute Gasteiger partial charge is 0.186 e. The maximum absolute atomic E-state index is 9.33. The van der Waals surface area contributed by atoms with Gasteiger partial charge >= 0.3 is 0 Å². The lowest BCUT2D eigenvalue weighted by Crippen LogP contribution is -2.31. The first kappa shape index (κ1) is 11.3. The van der Waals surface area contributed by atoms with Crippen molar-refractivity contribution >= 4 is 38.3 Å². The highest BCUT2D eigenvalue weighted by atomic mass is 35.5. The van der Waals surface area contributed by atoms with E-state index in [1.54, 1.807) is 11.3 Å². The predicted molar refractivity (Wildman–Crippen MR) is 72.1 cm³/mol. The van der Waals surface area contributed by atoms with Crippen molar-refractivity contribution < 1.29 is 5.11 Å². The molecule has 17 heavy (non-hydrogen) atoms. The van der Waals surface area contributed by atoms with E-state index in [9.17, 15) is 5.11 Å². The van der Waals surface area contributed by atoms with Crippen LogP contribution in [-0.2, 0) is 0 Å². The first-order valence-corrected chi connectivity index (χ1v) is 6.91. The van der Waals surface area contributed by atoms with E-state index in [2.05, 4.69) is 9.88 Å². The number of anilines is 1. The molecule has 1 atom stereocenters. The molecule has 0 amide bonds. The van der Waals surface area contributed by atoms with Gasteiger partial charge in [-0.3, -0.25) is 0 Å². The molecule has 2 aromatic rings. The van der Waals surface area contributed by atoms with Gasteiger partial charge in [0, 0.05) is 11.6 Å². The van der Waals surface area contributed by atoms with Crippen LogP contribution in [0.3, 0.4) is 0 Å². The Kier molecular flexibility index (Phi) is 2.94. The van der Waals surface area contributed by atoms with Gasteiger partial charge in [0.2, 0.25) is 0 Å². The van der Waals surface area contributed by atoms with Gasteiger partial charge in [-0.2, -0.15) is 0 Å². The fourth-order valence-corrected chi connectivity index (χ4v) is 3.63. The first-order valence-electron chi connectivity index (χ1n) is 5.71. The summed E-state index contributed by atoms with van der Waals surface area (Å²) in [7, 11) is 0. The molecule has 2 heterocycles. The maximum Gasteiger partial charge on any atom is 0.186 e. The Hall–Kier alpha value is -0.840. The highest BCUT2D eigenvalue weighted by Gasteiger charge is 2.26. The molecule has 90 valence electrons. The number of thiazole rings is 1. The summed E-state index contributed by atoms with van der Waals surface area (Å²) in [6.45, 7) is 1.19. The number of nitrogens with zero attached hydrogens (tertiary/aromatic N) is 2. The first-order chi connectivity index (χ1) is 8.28. The van der Waals surface area contributed by atoms with Gasteiger partial charge in [0.25, 0.3) is 0 Å². The van der Waals surface area contributed by atoms with Crippen molar-refractivity contribution in [1.82, 2.24) is 4.98 Å². The molecule has 0 bridgehead atoms. The fourth-order valence-electron chi connectivity index (χ4n) is 2.29. The van der Waals surface area contributed by atoms with Crippen molar-refractivity contribution in [1.29, 1.82) is 0 Å². The highest BCUT2D eigenvalue weighted by Crippen LogP contribution is 2.34. The molecule has 0 saturated carbocycles. The normalized spacial score (nSPS) is 20.4. The number of halogens is 1. The van der Waals surface area contributed by atoms with E-state index in [1.165, 1.54) is 0 Å². The third kappa shape index (κ3) is 2.01. The lowest BCUT2D eigenvalue weighted by Gasteiger charge is -2.21. The molecule has 1 N–H and O–H groups in total. The van der Waals surface area contributed by atoms with Crippen molar-refractivity contribution in [3.63, 3.8) is 0 Å². The largest absolute Gasteiger partial charge is 0.394 e. The van der Waals surface area contributed by atoms with Crippen molar-refractivity contribution in [3.05, 3.63) is 23.2 Å². The van der Waals surface area contributed by atoms with Gasteiger partial charge in [0.1, 0.15) is 0 Å². The summed E-state index contributed by atoms with van der Waals surface area (Å²) in [4.78, 5) is 6.82. The molecule has 1 saturated heterocycles. The number of aliphatic hydroxyl groups excluding tert-OH is 1. The second-order valence-corrected chi connectivity index (χ2v) is 5.73. The van der Waals surface area contributed by atoms with Crippen LogP contribution in [0.2, 0.25) is 5.02 Å². The molecule has 1 aromatic carbocycles. The van der Waals surface area contributed by atoms with Gasteiger partial charge in [-0.15, -0.1) is 0 Å². The summed E-state index contributed by atoms with van der Waals surface area (Å²) < 4.78 is 1.11. The van der Waals surface area contributed by atoms with Crippen LogP contribution in [0.1, 0.15) is 12.8 Å². The van der Waals surface area contributed by atoms with Crippen LogP contribution in [0.4, 0.5) is 5.13 Å². The van der Waals surface area contributed by atoms with Crippen molar-refractivity contribution in [2.24, 2.45) is 0 Å². The summed E-state index contributed by atoms with van der Waals surface area (Å²) in [5.74, 6) is 0. The van der Waals surface area contributed by atoms with Crippen LogP contribution in [-0.4, -0.2) is 29.3 Å². The number of aromatic nitrogens is 1. The van der Waals surface area contributed by atoms with Crippen LogP contribution in [0.5, 0.6) is 0 Å². The van der Waals surface area contributed by atoms with Gasteiger partial charge in [-0.05, 0) is 31.0 Å². The summed E-state index contributed by atoms with van der Waals surface area (Å²) >= 11 is 7.62. The lowest BCUT2D eigenvalue weighted by molar-refractivity contribution is 0.266. The van der Waals surface area contributed by atoms with E-state index in [0.717, 1.165) is 39.8 Å². The number of benzene rings is 1.